The quantitative estimate of drug-likeness (QED) is 0.194. The number of aryl methyl sites for hydroxylation is 2. The van der Waals surface area contributed by atoms with E-state index in [1.165, 1.54) is 10.1 Å². The van der Waals surface area contributed by atoms with Crippen LogP contribution in [0, 0.1) is 22.9 Å². The van der Waals surface area contributed by atoms with Crippen molar-refractivity contribution in [3.8, 4) is 17.2 Å². The van der Waals surface area contributed by atoms with Crippen molar-refractivity contribution >= 4 is 22.5 Å². The van der Waals surface area contributed by atoms with Crippen LogP contribution in [0.5, 0.6) is 11.5 Å². The molecule has 0 aliphatic carbocycles. The zero-order valence-corrected chi connectivity index (χ0v) is 23.1. The van der Waals surface area contributed by atoms with Gasteiger partial charge >= 0.3 is 208 Å². The van der Waals surface area contributed by atoms with Crippen LogP contribution in [-0.4, -0.2) is 20.7 Å². The number of anilines is 2. The molecule has 5 nitrogen and oxygen atoms in total. The molecule has 6 rings (SSSR count). The van der Waals surface area contributed by atoms with Crippen LogP contribution < -0.4 is 9.64 Å². The standard InChI is InChI=1S/C31H28N4O.Pt/c1-22-14-16-32-30(18-22)34-17-15-31(2,3)26-13-12-25(20-29(26)34)36-24-9-7-8-23(19-24)35-21-33(4)27-10-5-6-11-28(27)35;/h5-14,16,18H,15,17H2,1-4H3;/q-2;/i4D3;. The molecule has 0 unspecified atom stereocenters. The van der Waals surface area contributed by atoms with Gasteiger partial charge in [0.25, 0.3) is 0 Å². The number of aromatic nitrogens is 3. The number of para-hydroxylation sites is 2. The van der Waals surface area contributed by atoms with Gasteiger partial charge in [0.1, 0.15) is 0 Å². The summed E-state index contributed by atoms with van der Waals surface area (Å²) in [5.41, 5.74) is 5.42. The minimum absolute atomic E-state index is 0.00109. The van der Waals surface area contributed by atoms with Crippen LogP contribution in [0.4, 0.5) is 11.5 Å². The number of ether oxygens (including phenoxy) is 1. The first kappa shape index (κ1) is 20.6. The van der Waals surface area contributed by atoms with Crippen molar-refractivity contribution in [2.24, 2.45) is 6.98 Å². The van der Waals surface area contributed by atoms with Gasteiger partial charge in [-0.15, -0.1) is 0 Å². The molecule has 1 aliphatic rings. The molecular formula is C31H28N4OPt-2. The Bertz CT molecular complexity index is 1800. The third-order valence-electron chi connectivity index (χ3n) is 6.95. The number of hydrogen-bond acceptors (Lipinski definition) is 3. The Morgan fingerprint density at radius 1 is 1.00 bits per heavy atom. The molecule has 0 fully saturated rings. The van der Waals surface area contributed by atoms with E-state index in [1.54, 1.807) is 0 Å². The van der Waals surface area contributed by atoms with Crippen molar-refractivity contribution < 1.29 is 28.2 Å². The van der Waals surface area contributed by atoms with Crippen molar-refractivity contribution in [2.75, 3.05) is 11.4 Å². The number of rotatable bonds is 4. The van der Waals surface area contributed by atoms with Crippen LogP contribution in [0.3, 0.4) is 0 Å². The zero-order chi connectivity index (χ0) is 28.2. The molecule has 37 heavy (non-hydrogen) atoms. The third kappa shape index (κ3) is 4.26. The molecule has 0 spiro atoms. The molecule has 6 heteroatoms. The number of fused-ring (bicyclic) bond motifs is 2. The first-order chi connectivity index (χ1) is 19.0. The summed E-state index contributed by atoms with van der Waals surface area (Å²) >= 11 is 2.06. The molecule has 0 bridgehead atoms. The maximum atomic E-state index is 8.09. The van der Waals surface area contributed by atoms with Gasteiger partial charge < -0.3 is 0 Å². The van der Waals surface area contributed by atoms with E-state index in [0.717, 1.165) is 35.6 Å². The summed E-state index contributed by atoms with van der Waals surface area (Å²) in [5.74, 6) is 1.99. The number of nitrogens with zero attached hydrogens (tertiary/aromatic N) is 4. The van der Waals surface area contributed by atoms with Gasteiger partial charge in [-0.05, 0) is 18.6 Å². The number of pyridine rings is 1. The van der Waals surface area contributed by atoms with Gasteiger partial charge in [-0.25, -0.2) is 0 Å². The Morgan fingerprint density at radius 3 is 2.62 bits per heavy atom. The second-order valence-electron chi connectivity index (χ2n) is 9.97. The molecule has 0 amide bonds. The second-order valence-corrected chi connectivity index (χ2v) is 11.0. The fourth-order valence-corrected chi connectivity index (χ4v) is 5.73. The molecule has 3 aromatic carbocycles. The number of imidazole rings is 1. The summed E-state index contributed by atoms with van der Waals surface area (Å²) in [7, 11) is 0. The van der Waals surface area contributed by atoms with Gasteiger partial charge in [-0.2, -0.15) is 0 Å². The van der Waals surface area contributed by atoms with Gasteiger partial charge in [-0.3, -0.25) is 0 Å². The predicted octanol–water partition coefficient (Wildman–Crippen LogP) is 6.96. The molecule has 3 heterocycles. The Balaban J connectivity index is 1.40. The molecule has 0 atom stereocenters. The molecule has 0 radical (unpaired) electrons. The van der Waals surface area contributed by atoms with Crippen molar-refractivity contribution in [3.05, 3.63) is 100.0 Å². The first-order valence-electron chi connectivity index (χ1n) is 13.7. The summed E-state index contributed by atoms with van der Waals surface area (Å²) in [4.78, 5) is 6.85. The van der Waals surface area contributed by atoms with E-state index in [2.05, 4.69) is 74.3 Å². The van der Waals surface area contributed by atoms with Crippen LogP contribution in [0.2, 0.25) is 0 Å². The molecule has 0 N–H and O–H groups in total. The normalized spacial score (nSPS) is 16.1. The fraction of sp³-hybridized carbons (Fsp3) is 0.226. The van der Waals surface area contributed by atoms with Gasteiger partial charge in [0.2, 0.25) is 0 Å². The van der Waals surface area contributed by atoms with Gasteiger partial charge in [0.15, 0.2) is 0 Å². The van der Waals surface area contributed by atoms with Crippen LogP contribution in [0.1, 0.15) is 35.5 Å². The summed E-state index contributed by atoms with van der Waals surface area (Å²) in [6.07, 6.45) is 2.84. The van der Waals surface area contributed by atoms with Crippen LogP contribution >= 0.6 is 0 Å². The number of hydrogen-bond donors (Lipinski definition) is 0. The molecule has 5 aromatic rings. The summed E-state index contributed by atoms with van der Waals surface area (Å²) in [5, 5.41) is 0. The second kappa shape index (κ2) is 9.15. The van der Waals surface area contributed by atoms with Crippen LogP contribution in [-0.2, 0) is 31.7 Å². The summed E-state index contributed by atoms with van der Waals surface area (Å²) in [6, 6.07) is 28.1. The zero-order valence-electron chi connectivity index (χ0n) is 23.9. The Morgan fingerprint density at radius 2 is 1.81 bits per heavy atom. The van der Waals surface area contributed by atoms with E-state index in [9.17, 15) is 0 Å². The molecule has 0 saturated carbocycles. The average molecular weight is 671 g/mol. The average Bonchev–Trinajstić information content (AvgIpc) is 3.21. The van der Waals surface area contributed by atoms with Crippen molar-refractivity contribution in [3.63, 3.8) is 0 Å². The van der Waals surface area contributed by atoms with Gasteiger partial charge in [-0.1, -0.05) is 0 Å². The topological polar surface area (TPSA) is 35.2 Å². The van der Waals surface area contributed by atoms with Crippen LogP contribution in [0.25, 0.3) is 16.7 Å². The van der Waals surface area contributed by atoms with Crippen molar-refractivity contribution in [1.82, 2.24) is 14.1 Å². The van der Waals surface area contributed by atoms with E-state index in [0.29, 0.717) is 26.5 Å². The first-order valence-corrected chi connectivity index (χ1v) is 13.3. The van der Waals surface area contributed by atoms with Crippen LogP contribution in [0.15, 0.2) is 72.9 Å². The van der Waals surface area contributed by atoms with Crippen molar-refractivity contribution in [2.45, 2.75) is 32.6 Å². The van der Waals surface area contributed by atoms with E-state index >= 15 is 0 Å². The molecule has 2 aromatic heterocycles. The SMILES string of the molecule is [2H]C([2H])([2H])n1[c](=[Pt])n(-c2[c-]c(Oc3[c-]c4c(cc3)C(C)(C)CCN4c3cc(C)ccn3)ccc2)c2ccccc21. The van der Waals surface area contributed by atoms with E-state index in [-0.39, 0.29) is 5.41 Å². The van der Waals surface area contributed by atoms with Gasteiger partial charge in [0.05, 0.1) is 0 Å². The predicted molar refractivity (Wildman–Crippen MR) is 143 cm³/mol. The Kier molecular flexibility index (Phi) is 5.09. The fourth-order valence-electron chi connectivity index (χ4n) is 4.91. The molecule has 1 aliphatic heterocycles. The Hall–Kier alpha value is -3.43. The third-order valence-corrected chi connectivity index (χ3v) is 7.97. The minimum atomic E-state index is -2.32. The molecule has 190 valence electrons. The summed E-state index contributed by atoms with van der Waals surface area (Å²) in [6.45, 7) is 5.10. The molecular weight excluding hydrogens is 639 g/mol. The molecule has 0 saturated heterocycles. The van der Waals surface area contributed by atoms with E-state index in [1.807, 2.05) is 65.4 Å². The Labute approximate surface area is 232 Å². The van der Waals surface area contributed by atoms with Gasteiger partial charge in [0, 0.05) is 6.20 Å². The summed E-state index contributed by atoms with van der Waals surface area (Å²) < 4.78 is 34.4. The monoisotopic (exact) mass is 670 g/mol. The van der Waals surface area contributed by atoms with Crippen molar-refractivity contribution in [1.29, 1.82) is 0 Å². The van der Waals surface area contributed by atoms with E-state index < -0.39 is 6.98 Å². The van der Waals surface area contributed by atoms with E-state index in [4.69, 9.17) is 8.85 Å². The maximum absolute atomic E-state index is 8.09. The number of benzene rings is 3.